The first kappa shape index (κ1) is 14.9. The van der Waals surface area contributed by atoms with Gasteiger partial charge in [-0.3, -0.25) is 0 Å². The minimum Gasteiger partial charge on any atom is -0.371 e. The summed E-state index contributed by atoms with van der Waals surface area (Å²) in [6.45, 7) is 9.46. The molecule has 2 aromatic rings. The molecular formula is C18H26N2. The fourth-order valence-corrected chi connectivity index (χ4v) is 2.63. The molecule has 1 atom stereocenters. The molecule has 0 saturated heterocycles. The van der Waals surface area contributed by atoms with E-state index in [9.17, 15) is 0 Å². The third-order valence-corrected chi connectivity index (χ3v) is 4.41. The molecule has 0 radical (unpaired) electrons. The Kier molecular flexibility index (Phi) is 4.66. The molecule has 2 aromatic carbocycles. The van der Waals surface area contributed by atoms with E-state index >= 15 is 0 Å². The second-order valence-electron chi connectivity index (χ2n) is 5.88. The van der Waals surface area contributed by atoms with E-state index in [0.717, 1.165) is 26.1 Å². The number of benzene rings is 2. The third-order valence-electron chi connectivity index (χ3n) is 4.41. The molecule has 0 aromatic heterocycles. The smallest absolute Gasteiger partial charge is 0.0445 e. The Balaban J connectivity index is 2.39. The van der Waals surface area contributed by atoms with E-state index in [1.165, 1.54) is 16.5 Å². The van der Waals surface area contributed by atoms with Crippen LogP contribution in [0.15, 0.2) is 42.5 Å². The van der Waals surface area contributed by atoms with Crippen LogP contribution in [0.1, 0.15) is 27.2 Å². The average molecular weight is 270 g/mol. The van der Waals surface area contributed by atoms with Crippen molar-refractivity contribution in [3.05, 3.63) is 42.5 Å². The lowest BCUT2D eigenvalue weighted by Gasteiger charge is -2.35. The van der Waals surface area contributed by atoms with Crippen molar-refractivity contribution in [3.63, 3.8) is 0 Å². The summed E-state index contributed by atoms with van der Waals surface area (Å²) in [6, 6.07) is 15.1. The second-order valence-corrected chi connectivity index (χ2v) is 5.88. The molecule has 0 fully saturated rings. The summed E-state index contributed by atoms with van der Waals surface area (Å²) in [7, 11) is 0. The molecular weight excluding hydrogens is 244 g/mol. The largest absolute Gasteiger partial charge is 0.371 e. The van der Waals surface area contributed by atoms with E-state index in [1.807, 2.05) is 0 Å². The molecule has 0 bridgehead atoms. The monoisotopic (exact) mass is 270 g/mol. The number of fused-ring (bicyclic) bond motifs is 1. The summed E-state index contributed by atoms with van der Waals surface area (Å²) < 4.78 is 0. The number of nitrogens with two attached hydrogens (primary N) is 1. The molecule has 0 heterocycles. The van der Waals surface area contributed by atoms with Crippen LogP contribution >= 0.6 is 0 Å². The quantitative estimate of drug-likeness (QED) is 0.858. The normalized spacial score (nSPS) is 14.2. The van der Waals surface area contributed by atoms with E-state index in [0.29, 0.717) is 0 Å². The van der Waals surface area contributed by atoms with Gasteiger partial charge in [-0.1, -0.05) is 50.2 Å². The van der Waals surface area contributed by atoms with Crippen molar-refractivity contribution in [1.29, 1.82) is 0 Å². The van der Waals surface area contributed by atoms with Crippen LogP contribution in [0.5, 0.6) is 0 Å². The van der Waals surface area contributed by atoms with Crippen LogP contribution in [0.2, 0.25) is 0 Å². The van der Waals surface area contributed by atoms with Crippen LogP contribution in [0.3, 0.4) is 0 Å². The third kappa shape index (κ3) is 2.96. The van der Waals surface area contributed by atoms with Gasteiger partial charge in [-0.25, -0.2) is 0 Å². The number of hydrogen-bond acceptors (Lipinski definition) is 2. The van der Waals surface area contributed by atoms with Crippen molar-refractivity contribution in [3.8, 4) is 0 Å². The lowest BCUT2D eigenvalue weighted by Crippen LogP contribution is -2.40. The first-order valence-corrected chi connectivity index (χ1v) is 7.56. The Morgan fingerprint density at radius 2 is 1.75 bits per heavy atom. The summed E-state index contributed by atoms with van der Waals surface area (Å²) in [5.41, 5.74) is 7.48. The predicted octanol–water partition coefficient (Wildman–Crippen LogP) is 4.04. The summed E-state index contributed by atoms with van der Waals surface area (Å²) in [5.74, 6) is 0. The van der Waals surface area contributed by atoms with Gasteiger partial charge in [-0.2, -0.15) is 0 Å². The van der Waals surface area contributed by atoms with Gasteiger partial charge >= 0.3 is 0 Å². The van der Waals surface area contributed by atoms with Crippen molar-refractivity contribution >= 4 is 16.5 Å². The van der Waals surface area contributed by atoms with E-state index < -0.39 is 0 Å². The number of nitrogens with zero attached hydrogens (tertiary/aromatic N) is 1. The molecule has 2 heteroatoms. The van der Waals surface area contributed by atoms with Gasteiger partial charge < -0.3 is 10.6 Å². The van der Waals surface area contributed by atoms with E-state index in [1.54, 1.807) is 0 Å². The molecule has 0 aliphatic carbocycles. The summed E-state index contributed by atoms with van der Waals surface area (Å²) >= 11 is 0. The van der Waals surface area contributed by atoms with Gasteiger partial charge in [-0.15, -0.1) is 0 Å². The predicted molar refractivity (Wildman–Crippen MR) is 89.3 cm³/mol. The Bertz CT molecular complexity index is 553. The van der Waals surface area contributed by atoms with Crippen molar-refractivity contribution in [2.75, 3.05) is 24.5 Å². The lowest BCUT2D eigenvalue weighted by atomic mass is 9.87. The highest BCUT2D eigenvalue weighted by atomic mass is 15.1. The zero-order valence-corrected chi connectivity index (χ0v) is 12.9. The van der Waals surface area contributed by atoms with Gasteiger partial charge in [0.2, 0.25) is 0 Å². The van der Waals surface area contributed by atoms with Crippen LogP contribution in [0, 0.1) is 5.41 Å². The molecule has 2 nitrogen and oxygen atoms in total. The molecule has 0 aliphatic rings. The van der Waals surface area contributed by atoms with Crippen molar-refractivity contribution in [2.24, 2.45) is 11.1 Å². The standard InChI is InChI=1S/C18H26N2/c1-4-18(3,13-19)14-20(5-2)17-12-8-10-15-9-6-7-11-16(15)17/h6-12H,4-5,13-14,19H2,1-3H3. The van der Waals surface area contributed by atoms with Crippen LogP contribution in [-0.4, -0.2) is 19.6 Å². The highest BCUT2D eigenvalue weighted by Crippen LogP contribution is 2.30. The maximum absolute atomic E-state index is 5.98. The maximum atomic E-state index is 5.98. The second kappa shape index (κ2) is 6.27. The van der Waals surface area contributed by atoms with E-state index in [4.69, 9.17) is 5.73 Å². The number of rotatable bonds is 6. The van der Waals surface area contributed by atoms with Crippen LogP contribution < -0.4 is 10.6 Å². The SMILES string of the molecule is CCN(CC(C)(CC)CN)c1cccc2ccccc12. The summed E-state index contributed by atoms with van der Waals surface area (Å²) in [5, 5.41) is 2.63. The molecule has 108 valence electrons. The van der Waals surface area contributed by atoms with E-state index in [2.05, 4.69) is 68.1 Å². The first-order chi connectivity index (χ1) is 9.63. The highest BCUT2D eigenvalue weighted by Gasteiger charge is 2.24. The maximum Gasteiger partial charge on any atom is 0.0445 e. The molecule has 0 amide bonds. The van der Waals surface area contributed by atoms with Crippen LogP contribution in [0.4, 0.5) is 5.69 Å². The molecule has 20 heavy (non-hydrogen) atoms. The molecule has 0 spiro atoms. The molecule has 0 saturated carbocycles. The molecule has 0 aliphatic heterocycles. The Labute approximate surface area is 122 Å². The van der Waals surface area contributed by atoms with Crippen LogP contribution in [0.25, 0.3) is 10.8 Å². The van der Waals surface area contributed by atoms with Crippen molar-refractivity contribution in [2.45, 2.75) is 27.2 Å². The van der Waals surface area contributed by atoms with Gasteiger partial charge in [0.05, 0.1) is 0 Å². The summed E-state index contributed by atoms with van der Waals surface area (Å²) in [4.78, 5) is 2.46. The Morgan fingerprint density at radius 1 is 1.05 bits per heavy atom. The van der Waals surface area contributed by atoms with E-state index in [-0.39, 0.29) is 5.41 Å². The molecule has 2 rings (SSSR count). The zero-order valence-electron chi connectivity index (χ0n) is 12.9. The summed E-state index contributed by atoms with van der Waals surface area (Å²) in [6.07, 6.45) is 1.10. The fraction of sp³-hybridized carbons (Fsp3) is 0.444. The van der Waals surface area contributed by atoms with Gasteiger partial charge in [0, 0.05) is 24.2 Å². The topological polar surface area (TPSA) is 29.3 Å². The Morgan fingerprint density at radius 3 is 2.40 bits per heavy atom. The first-order valence-electron chi connectivity index (χ1n) is 7.56. The van der Waals surface area contributed by atoms with Crippen LogP contribution in [-0.2, 0) is 0 Å². The van der Waals surface area contributed by atoms with Gasteiger partial charge in [-0.05, 0) is 36.8 Å². The molecule has 2 N–H and O–H groups in total. The average Bonchev–Trinajstić information content (AvgIpc) is 2.52. The highest BCUT2D eigenvalue weighted by molar-refractivity contribution is 5.94. The lowest BCUT2D eigenvalue weighted by molar-refractivity contribution is 0.326. The van der Waals surface area contributed by atoms with Crippen molar-refractivity contribution in [1.82, 2.24) is 0 Å². The van der Waals surface area contributed by atoms with Gasteiger partial charge in [0.1, 0.15) is 0 Å². The van der Waals surface area contributed by atoms with Gasteiger partial charge in [0.25, 0.3) is 0 Å². The fourth-order valence-electron chi connectivity index (χ4n) is 2.63. The Hall–Kier alpha value is -1.54. The van der Waals surface area contributed by atoms with Crippen molar-refractivity contribution < 1.29 is 0 Å². The zero-order chi connectivity index (χ0) is 14.6. The molecule has 1 unspecified atom stereocenters. The minimum atomic E-state index is 0.174. The minimum absolute atomic E-state index is 0.174. The number of anilines is 1. The number of hydrogen-bond donors (Lipinski definition) is 1. The van der Waals surface area contributed by atoms with Gasteiger partial charge in [0.15, 0.2) is 0 Å².